The quantitative estimate of drug-likeness (QED) is 0.639. The fourth-order valence-electron chi connectivity index (χ4n) is 1.60. The van der Waals surface area contributed by atoms with Gasteiger partial charge in [-0.05, 0) is 13.0 Å². The van der Waals surface area contributed by atoms with Gasteiger partial charge in [-0.25, -0.2) is 4.98 Å². The van der Waals surface area contributed by atoms with Crippen molar-refractivity contribution in [1.82, 2.24) is 9.55 Å². The molecule has 7 heteroatoms. The highest BCUT2D eigenvalue weighted by atomic mass is 16.6. The van der Waals surface area contributed by atoms with Gasteiger partial charge in [-0.1, -0.05) is 0 Å². The van der Waals surface area contributed by atoms with Crippen LogP contribution in [0.4, 0.5) is 5.88 Å². The fraction of sp³-hybridized carbons (Fsp3) is 0.300. The van der Waals surface area contributed by atoms with E-state index in [9.17, 15) is 10.1 Å². The van der Waals surface area contributed by atoms with E-state index in [0.717, 1.165) is 6.54 Å². The minimum absolute atomic E-state index is 0.315. The van der Waals surface area contributed by atoms with Gasteiger partial charge in [0.1, 0.15) is 22.5 Å². The molecule has 1 atom stereocenters. The Morgan fingerprint density at radius 1 is 1.65 bits per heavy atom. The monoisotopic (exact) mass is 236 g/mol. The Morgan fingerprint density at radius 3 is 3.00 bits per heavy atom. The third-order valence-electron chi connectivity index (χ3n) is 2.47. The van der Waals surface area contributed by atoms with Gasteiger partial charge < -0.3 is 14.7 Å². The van der Waals surface area contributed by atoms with Crippen molar-refractivity contribution in [3.63, 3.8) is 0 Å². The summed E-state index contributed by atoms with van der Waals surface area (Å²) in [6.07, 6.45) is 3.43. The maximum Gasteiger partial charge on any atom is 0.433 e. The molecule has 0 bridgehead atoms. The van der Waals surface area contributed by atoms with E-state index >= 15 is 0 Å². The van der Waals surface area contributed by atoms with E-state index in [1.54, 1.807) is 12.4 Å². The highest BCUT2D eigenvalue weighted by molar-refractivity contribution is 5.23. The Balaban J connectivity index is 2.30. The minimum Gasteiger partial charge on any atom is -0.404 e. The number of nitrogens with two attached hydrogens (primary N) is 1. The van der Waals surface area contributed by atoms with E-state index in [4.69, 9.17) is 10.2 Å². The van der Waals surface area contributed by atoms with Crippen molar-refractivity contribution in [2.24, 2.45) is 5.73 Å². The largest absolute Gasteiger partial charge is 0.433 e. The highest BCUT2D eigenvalue weighted by Gasteiger charge is 2.21. The topological polar surface area (TPSA) is 100 Å². The van der Waals surface area contributed by atoms with Crippen LogP contribution in [0.5, 0.6) is 0 Å². The van der Waals surface area contributed by atoms with E-state index in [-0.39, 0.29) is 5.88 Å². The molecular weight excluding hydrogens is 224 g/mol. The maximum atomic E-state index is 10.5. The number of nitro groups is 1. The number of imidazole rings is 1. The molecule has 17 heavy (non-hydrogen) atoms. The zero-order valence-corrected chi connectivity index (χ0v) is 9.24. The van der Waals surface area contributed by atoms with Gasteiger partial charge in [0.25, 0.3) is 0 Å². The van der Waals surface area contributed by atoms with E-state index in [1.165, 1.54) is 12.1 Å². The predicted octanol–water partition coefficient (Wildman–Crippen LogP) is 1.45. The smallest absolute Gasteiger partial charge is 0.404 e. The number of hydrogen-bond donors (Lipinski definition) is 1. The Hall–Kier alpha value is -2.15. The van der Waals surface area contributed by atoms with Crippen molar-refractivity contribution < 1.29 is 9.34 Å². The van der Waals surface area contributed by atoms with Gasteiger partial charge >= 0.3 is 5.88 Å². The number of nitrogens with zero attached hydrogens (tertiary/aromatic N) is 3. The van der Waals surface area contributed by atoms with Crippen molar-refractivity contribution in [3.05, 3.63) is 46.2 Å². The lowest BCUT2D eigenvalue weighted by Gasteiger charge is -2.09. The third-order valence-corrected chi connectivity index (χ3v) is 2.47. The summed E-state index contributed by atoms with van der Waals surface area (Å²) in [5, 5.41) is 10.5. The second-order valence-electron chi connectivity index (χ2n) is 3.48. The summed E-state index contributed by atoms with van der Waals surface area (Å²) in [6, 6.07) is 2.19. The van der Waals surface area contributed by atoms with Crippen LogP contribution in [0.15, 0.2) is 28.9 Å². The Bertz CT molecular complexity index is 531. The molecule has 2 N–H and O–H groups in total. The first-order valence-electron chi connectivity index (χ1n) is 5.14. The summed E-state index contributed by atoms with van der Waals surface area (Å²) in [6.45, 7) is 2.69. The summed E-state index contributed by atoms with van der Waals surface area (Å²) in [5.41, 5.74) is 5.95. The van der Waals surface area contributed by atoms with Crippen LogP contribution >= 0.6 is 0 Å². The number of furan rings is 1. The molecule has 2 heterocycles. The van der Waals surface area contributed by atoms with Crippen LogP contribution in [0.25, 0.3) is 0 Å². The fourth-order valence-corrected chi connectivity index (χ4v) is 1.60. The summed E-state index contributed by atoms with van der Waals surface area (Å²) < 4.78 is 6.91. The van der Waals surface area contributed by atoms with Gasteiger partial charge in [0.15, 0.2) is 0 Å². The van der Waals surface area contributed by atoms with Crippen molar-refractivity contribution >= 4 is 5.88 Å². The molecule has 0 saturated carbocycles. The van der Waals surface area contributed by atoms with Crippen LogP contribution < -0.4 is 5.73 Å². The van der Waals surface area contributed by atoms with Gasteiger partial charge in [0, 0.05) is 18.9 Å². The Kier molecular flexibility index (Phi) is 2.92. The van der Waals surface area contributed by atoms with Crippen LogP contribution in [0.2, 0.25) is 0 Å². The molecule has 0 fully saturated rings. The Labute approximate surface area is 97.0 Å². The third kappa shape index (κ3) is 2.04. The standard InChI is InChI=1S/C10H12N4O3/c1-2-13-6-5-12-10(13)9(11)7-3-4-8(17-7)14(15)16/h3-6,9H,2,11H2,1H3. The second kappa shape index (κ2) is 4.38. The van der Waals surface area contributed by atoms with E-state index in [0.29, 0.717) is 11.6 Å². The molecule has 7 nitrogen and oxygen atoms in total. The van der Waals surface area contributed by atoms with E-state index < -0.39 is 11.0 Å². The first-order chi connectivity index (χ1) is 8.13. The van der Waals surface area contributed by atoms with Gasteiger partial charge in [-0.15, -0.1) is 0 Å². The summed E-state index contributed by atoms with van der Waals surface area (Å²) in [7, 11) is 0. The minimum atomic E-state index is -0.598. The lowest BCUT2D eigenvalue weighted by molar-refractivity contribution is -0.402. The number of aryl methyl sites for hydroxylation is 1. The lowest BCUT2D eigenvalue weighted by Crippen LogP contribution is -2.16. The molecule has 90 valence electrons. The zero-order valence-electron chi connectivity index (χ0n) is 9.24. The normalized spacial score (nSPS) is 12.6. The maximum absolute atomic E-state index is 10.5. The molecule has 0 aliphatic rings. The lowest BCUT2D eigenvalue weighted by atomic mass is 10.2. The summed E-state index contributed by atoms with van der Waals surface area (Å²) in [4.78, 5) is 14.0. The highest BCUT2D eigenvalue weighted by Crippen LogP contribution is 2.24. The second-order valence-corrected chi connectivity index (χ2v) is 3.48. The summed E-state index contributed by atoms with van der Waals surface area (Å²) >= 11 is 0. The van der Waals surface area contributed by atoms with E-state index in [1.807, 2.05) is 11.5 Å². The van der Waals surface area contributed by atoms with Crippen molar-refractivity contribution in [3.8, 4) is 0 Å². The van der Waals surface area contributed by atoms with Crippen molar-refractivity contribution in [1.29, 1.82) is 0 Å². The molecule has 0 aliphatic heterocycles. The molecule has 0 aliphatic carbocycles. The average Bonchev–Trinajstić information content (AvgIpc) is 2.96. The van der Waals surface area contributed by atoms with Crippen LogP contribution in [0.3, 0.4) is 0 Å². The van der Waals surface area contributed by atoms with Crippen LogP contribution in [-0.2, 0) is 6.54 Å². The molecular formula is C10H12N4O3. The van der Waals surface area contributed by atoms with Crippen LogP contribution in [-0.4, -0.2) is 14.5 Å². The van der Waals surface area contributed by atoms with Crippen LogP contribution in [0.1, 0.15) is 24.6 Å². The molecule has 1 unspecified atom stereocenters. The molecule has 0 aromatic carbocycles. The molecule has 0 saturated heterocycles. The van der Waals surface area contributed by atoms with Crippen molar-refractivity contribution in [2.75, 3.05) is 0 Å². The van der Waals surface area contributed by atoms with Gasteiger partial charge in [0.05, 0.1) is 6.07 Å². The molecule has 0 radical (unpaired) electrons. The van der Waals surface area contributed by atoms with E-state index in [2.05, 4.69) is 4.98 Å². The number of rotatable bonds is 4. The van der Waals surface area contributed by atoms with Gasteiger partial charge in [-0.2, -0.15) is 0 Å². The first kappa shape index (κ1) is 11.3. The van der Waals surface area contributed by atoms with Crippen molar-refractivity contribution in [2.45, 2.75) is 19.5 Å². The molecule has 2 aromatic heterocycles. The molecule has 0 amide bonds. The van der Waals surface area contributed by atoms with Crippen LogP contribution in [0, 0.1) is 10.1 Å². The summed E-state index contributed by atoms with van der Waals surface area (Å²) in [5.74, 6) is 0.638. The zero-order chi connectivity index (χ0) is 12.4. The molecule has 0 spiro atoms. The Morgan fingerprint density at radius 2 is 2.41 bits per heavy atom. The number of aromatic nitrogens is 2. The van der Waals surface area contributed by atoms with Gasteiger partial charge in [0.2, 0.25) is 0 Å². The number of hydrogen-bond acceptors (Lipinski definition) is 5. The first-order valence-corrected chi connectivity index (χ1v) is 5.14. The molecule has 2 aromatic rings. The van der Waals surface area contributed by atoms with Gasteiger partial charge in [-0.3, -0.25) is 10.1 Å². The average molecular weight is 236 g/mol. The molecule has 2 rings (SSSR count). The SMILES string of the molecule is CCn1ccnc1C(N)c1ccc([N+](=O)[O-])o1. The predicted molar refractivity (Wildman–Crippen MR) is 59.3 cm³/mol.